The van der Waals surface area contributed by atoms with Gasteiger partial charge in [0.1, 0.15) is 0 Å². The summed E-state index contributed by atoms with van der Waals surface area (Å²) in [4.78, 5) is 0. The van der Waals surface area contributed by atoms with Crippen molar-refractivity contribution in [3.63, 3.8) is 0 Å². The lowest BCUT2D eigenvalue weighted by Gasteiger charge is -2.27. The lowest BCUT2D eigenvalue weighted by atomic mass is 9.88. The summed E-state index contributed by atoms with van der Waals surface area (Å²) in [5.74, 6) is 0.760. The molecule has 1 aliphatic carbocycles. The highest BCUT2D eigenvalue weighted by atomic mass is 28.4. The fourth-order valence-corrected chi connectivity index (χ4v) is 6.06. The van der Waals surface area contributed by atoms with Crippen LogP contribution in [0.2, 0.25) is 6.04 Å². The van der Waals surface area contributed by atoms with E-state index < -0.39 is 17.6 Å². The summed E-state index contributed by atoms with van der Waals surface area (Å²) >= 11 is 0. The van der Waals surface area contributed by atoms with Crippen LogP contribution in [0.1, 0.15) is 25.7 Å². The van der Waals surface area contributed by atoms with Crippen LogP contribution >= 0.6 is 0 Å². The van der Waals surface area contributed by atoms with Gasteiger partial charge >= 0.3 is 17.6 Å². The molecule has 0 N–H and O–H groups in total. The Bertz CT molecular complexity index is 372. The van der Waals surface area contributed by atoms with Crippen molar-refractivity contribution in [3.8, 4) is 0 Å². The molecule has 148 valence electrons. The molecule has 0 amide bonds. The van der Waals surface area contributed by atoms with Gasteiger partial charge in [-0.25, -0.2) is 0 Å². The predicted octanol–water partition coefficient (Wildman–Crippen LogP) is 2.41. The topological polar surface area (TPSA) is 67.9 Å². The average Bonchev–Trinajstić information content (AvgIpc) is 3.45. The second-order valence-corrected chi connectivity index (χ2v) is 12.1. The zero-order chi connectivity index (χ0) is 18.9. The summed E-state index contributed by atoms with van der Waals surface area (Å²) in [5, 5.41) is 0. The van der Waals surface area contributed by atoms with Crippen LogP contribution in [0.15, 0.2) is 12.3 Å². The van der Waals surface area contributed by atoms with E-state index in [2.05, 4.69) is 6.58 Å². The maximum absolute atomic E-state index is 5.54. The molecule has 0 aromatic heterocycles. The van der Waals surface area contributed by atoms with E-state index in [-0.39, 0.29) is 0 Å². The van der Waals surface area contributed by atoms with Crippen molar-refractivity contribution >= 4 is 17.6 Å². The molecule has 2 rings (SSSR count). The average molecular weight is 395 g/mol. The molecule has 3 unspecified atom stereocenters. The van der Waals surface area contributed by atoms with Gasteiger partial charge in [-0.05, 0) is 37.3 Å². The van der Waals surface area contributed by atoms with Crippen LogP contribution < -0.4 is 0 Å². The van der Waals surface area contributed by atoms with E-state index in [1.54, 1.807) is 48.4 Å². The van der Waals surface area contributed by atoms with Crippen molar-refractivity contribution in [1.82, 2.24) is 0 Å². The minimum atomic E-state index is -2.43. The zero-order valence-corrected chi connectivity index (χ0v) is 18.4. The van der Waals surface area contributed by atoms with Crippen LogP contribution in [-0.4, -0.2) is 72.5 Å². The Morgan fingerprint density at radius 1 is 0.880 bits per heavy atom. The van der Waals surface area contributed by atoms with Gasteiger partial charge in [0, 0.05) is 48.7 Å². The number of rotatable bonds is 10. The highest BCUT2D eigenvalue weighted by Crippen LogP contribution is 2.41. The van der Waals surface area contributed by atoms with Crippen LogP contribution in [0.3, 0.4) is 0 Å². The third-order valence-corrected chi connectivity index (χ3v) is 9.98. The van der Waals surface area contributed by atoms with Crippen molar-refractivity contribution in [2.24, 2.45) is 5.92 Å². The third-order valence-electron chi connectivity index (χ3n) is 5.01. The number of fused-ring (bicyclic) bond motifs is 1. The Morgan fingerprint density at radius 2 is 1.44 bits per heavy atom. The van der Waals surface area contributed by atoms with Crippen molar-refractivity contribution in [2.75, 3.05) is 42.7 Å². The number of hydrogen-bond acceptors (Lipinski definition) is 7. The molecule has 0 bridgehead atoms. The molecule has 25 heavy (non-hydrogen) atoms. The molecule has 2 aliphatic rings. The molecule has 1 heterocycles. The van der Waals surface area contributed by atoms with Crippen LogP contribution in [0, 0.1) is 5.92 Å². The van der Waals surface area contributed by atoms with Gasteiger partial charge in [0.15, 0.2) is 0 Å². The van der Waals surface area contributed by atoms with E-state index in [0.29, 0.717) is 12.2 Å². The Kier molecular flexibility index (Phi) is 10.0. The first-order valence-corrected chi connectivity index (χ1v) is 12.3. The van der Waals surface area contributed by atoms with E-state index in [9.17, 15) is 0 Å². The quantitative estimate of drug-likeness (QED) is 0.416. The zero-order valence-electron chi connectivity index (χ0n) is 16.4. The Labute approximate surface area is 154 Å². The molecule has 9 heteroatoms. The maximum atomic E-state index is 5.54. The van der Waals surface area contributed by atoms with E-state index in [0.717, 1.165) is 18.4 Å². The SMILES string of the molecule is C=C[Si](OC)(OC)OC.CO[Si](CCC1CCC2OC2C1)(OC)OC. The fraction of sp³-hybridized carbons (Fsp3) is 0.875. The van der Waals surface area contributed by atoms with E-state index in [1.165, 1.54) is 19.3 Å². The van der Waals surface area contributed by atoms with Gasteiger partial charge in [0.25, 0.3) is 0 Å². The van der Waals surface area contributed by atoms with Gasteiger partial charge in [-0.15, -0.1) is 0 Å². The largest absolute Gasteiger partial charge is 0.528 e. The van der Waals surface area contributed by atoms with E-state index in [1.807, 2.05) is 0 Å². The van der Waals surface area contributed by atoms with Gasteiger partial charge in [0.2, 0.25) is 0 Å². The molecule has 0 radical (unpaired) electrons. The molecule has 1 aliphatic heterocycles. The first-order chi connectivity index (χ1) is 12.0. The number of epoxide rings is 1. The molecule has 7 nitrogen and oxygen atoms in total. The normalized spacial score (nSPS) is 25.6. The van der Waals surface area contributed by atoms with E-state index >= 15 is 0 Å². The third kappa shape index (κ3) is 6.53. The van der Waals surface area contributed by atoms with E-state index in [4.69, 9.17) is 31.3 Å². The van der Waals surface area contributed by atoms with Gasteiger partial charge in [-0.2, -0.15) is 0 Å². The molecule has 2 fully saturated rings. The summed E-state index contributed by atoms with van der Waals surface area (Å²) in [6, 6.07) is 0.915. The maximum Gasteiger partial charge on any atom is 0.528 e. The summed E-state index contributed by atoms with van der Waals surface area (Å²) in [5.41, 5.74) is 1.58. The summed E-state index contributed by atoms with van der Waals surface area (Å²) in [6.45, 7) is 3.53. The van der Waals surface area contributed by atoms with Crippen LogP contribution in [0.4, 0.5) is 0 Å². The molecule has 0 spiro atoms. The van der Waals surface area contributed by atoms with Gasteiger partial charge in [-0.3, -0.25) is 0 Å². The van der Waals surface area contributed by atoms with Crippen molar-refractivity contribution in [1.29, 1.82) is 0 Å². The standard InChI is InChI=1S/C11H22O4Si.C5H12O3Si/c1-12-16(13-2,14-3)7-6-9-4-5-10-11(8-9)15-10;1-5-9(6-2,7-3)8-4/h9-11H,4-8H2,1-3H3;5H,1H2,2-4H3. The first-order valence-electron chi connectivity index (χ1n) is 8.57. The molecule has 3 atom stereocenters. The second kappa shape index (κ2) is 10.9. The molecule has 0 aromatic rings. The summed E-state index contributed by atoms with van der Waals surface area (Å²) in [6.07, 6.45) is 6.01. The molecular formula is C16H34O7Si2. The fourth-order valence-electron chi connectivity index (χ4n) is 3.19. The monoisotopic (exact) mass is 394 g/mol. The number of hydrogen-bond donors (Lipinski definition) is 0. The van der Waals surface area contributed by atoms with Crippen LogP contribution in [0.5, 0.6) is 0 Å². The lowest BCUT2D eigenvalue weighted by molar-refractivity contribution is 0.120. The molecular weight excluding hydrogens is 360 g/mol. The molecule has 1 saturated heterocycles. The summed E-state index contributed by atoms with van der Waals surface area (Å²) in [7, 11) is 4.89. The van der Waals surface area contributed by atoms with Gasteiger partial charge in [-0.1, -0.05) is 6.58 Å². The van der Waals surface area contributed by atoms with Crippen molar-refractivity contribution in [2.45, 2.75) is 43.9 Å². The molecule has 0 aromatic carbocycles. The molecule has 1 saturated carbocycles. The Hall–Kier alpha value is -0.106. The lowest BCUT2D eigenvalue weighted by Crippen LogP contribution is -2.43. The Morgan fingerprint density at radius 3 is 1.80 bits per heavy atom. The van der Waals surface area contributed by atoms with Crippen LogP contribution in [0.25, 0.3) is 0 Å². The van der Waals surface area contributed by atoms with Gasteiger partial charge in [0.05, 0.1) is 12.2 Å². The predicted molar refractivity (Wildman–Crippen MR) is 99.2 cm³/mol. The highest BCUT2D eigenvalue weighted by molar-refractivity contribution is 6.66. The van der Waals surface area contributed by atoms with Crippen molar-refractivity contribution in [3.05, 3.63) is 12.3 Å². The van der Waals surface area contributed by atoms with Crippen molar-refractivity contribution < 1.29 is 31.3 Å². The number of ether oxygens (including phenoxy) is 1. The Balaban J connectivity index is 0.000000299. The van der Waals surface area contributed by atoms with Gasteiger partial charge < -0.3 is 31.3 Å². The highest BCUT2D eigenvalue weighted by Gasteiger charge is 2.45. The smallest absolute Gasteiger partial charge is 0.377 e. The summed E-state index contributed by atoms with van der Waals surface area (Å²) < 4.78 is 36.7. The first kappa shape index (κ1) is 22.9. The minimum absolute atomic E-state index is 0.558. The minimum Gasteiger partial charge on any atom is -0.377 e. The second-order valence-electron chi connectivity index (χ2n) is 6.15. The van der Waals surface area contributed by atoms with Crippen LogP contribution in [-0.2, 0) is 31.3 Å².